The van der Waals surface area contributed by atoms with E-state index in [0.717, 1.165) is 35.0 Å². The monoisotopic (exact) mass is 346 g/mol. The molecule has 1 aromatic carbocycles. The van der Waals surface area contributed by atoms with Crippen LogP contribution in [0.2, 0.25) is 0 Å². The first-order chi connectivity index (χ1) is 8.87. The second-order valence-corrected chi connectivity index (χ2v) is 7.77. The molecule has 19 heavy (non-hydrogen) atoms. The van der Waals surface area contributed by atoms with E-state index in [4.69, 9.17) is 0 Å². The van der Waals surface area contributed by atoms with Gasteiger partial charge in [0.05, 0.1) is 11.4 Å². The summed E-state index contributed by atoms with van der Waals surface area (Å²) in [4.78, 5) is 0. The molecule has 0 bridgehead atoms. The summed E-state index contributed by atoms with van der Waals surface area (Å²) in [5.41, 5.74) is 2.55. The fourth-order valence-electron chi connectivity index (χ4n) is 2.43. The van der Waals surface area contributed by atoms with Gasteiger partial charge in [0, 0.05) is 10.5 Å². The molecule has 1 aliphatic rings. The number of rotatable bonds is 4. The van der Waals surface area contributed by atoms with Crippen molar-refractivity contribution in [2.45, 2.75) is 32.7 Å². The van der Waals surface area contributed by atoms with Crippen LogP contribution in [0.4, 0.5) is 5.69 Å². The molecule has 1 heterocycles. The Labute approximate surface area is 123 Å². The van der Waals surface area contributed by atoms with Crippen LogP contribution in [0.3, 0.4) is 0 Å². The van der Waals surface area contributed by atoms with Crippen molar-refractivity contribution >= 4 is 31.6 Å². The van der Waals surface area contributed by atoms with Crippen molar-refractivity contribution in [1.82, 2.24) is 5.32 Å². The number of anilines is 1. The zero-order valence-corrected chi connectivity index (χ0v) is 13.6. The average molecular weight is 347 g/mol. The quantitative estimate of drug-likeness (QED) is 0.880. The molecule has 0 spiro atoms. The zero-order chi connectivity index (χ0) is 14.0. The smallest absolute Gasteiger partial charge is 0.234 e. The van der Waals surface area contributed by atoms with Crippen LogP contribution in [0.15, 0.2) is 16.6 Å². The Morgan fingerprint density at radius 1 is 1.37 bits per heavy atom. The van der Waals surface area contributed by atoms with Gasteiger partial charge in [-0.05, 0) is 56.5 Å². The molecule has 1 aromatic rings. The largest absolute Gasteiger partial charge is 0.313 e. The Morgan fingerprint density at radius 3 is 2.53 bits per heavy atom. The lowest BCUT2D eigenvalue weighted by atomic mass is 10.1. The van der Waals surface area contributed by atoms with E-state index in [2.05, 4.69) is 26.0 Å². The molecule has 6 heteroatoms. The molecule has 2 N–H and O–H groups in total. The highest BCUT2D eigenvalue weighted by Gasteiger charge is 2.22. The summed E-state index contributed by atoms with van der Waals surface area (Å²) >= 11 is 3.41. The van der Waals surface area contributed by atoms with Crippen LogP contribution >= 0.6 is 15.9 Å². The Balaban J connectivity index is 2.15. The molecule has 1 saturated heterocycles. The van der Waals surface area contributed by atoms with Gasteiger partial charge in [0.25, 0.3) is 0 Å². The molecular weight excluding hydrogens is 328 g/mol. The molecule has 1 atom stereocenters. The second kappa shape index (κ2) is 5.81. The van der Waals surface area contributed by atoms with Gasteiger partial charge in [-0.1, -0.05) is 15.9 Å². The van der Waals surface area contributed by atoms with E-state index in [1.54, 1.807) is 0 Å². The average Bonchev–Trinajstić information content (AvgIpc) is 2.75. The van der Waals surface area contributed by atoms with Crippen LogP contribution < -0.4 is 10.0 Å². The third-order valence-electron chi connectivity index (χ3n) is 3.34. The highest BCUT2D eigenvalue weighted by molar-refractivity contribution is 9.10. The van der Waals surface area contributed by atoms with Gasteiger partial charge in [0.2, 0.25) is 10.0 Å². The molecule has 2 rings (SSSR count). The fraction of sp³-hybridized carbons (Fsp3) is 0.538. The van der Waals surface area contributed by atoms with Gasteiger partial charge in [0.15, 0.2) is 0 Å². The normalized spacial score (nSPS) is 19.6. The minimum Gasteiger partial charge on any atom is -0.313 e. The van der Waals surface area contributed by atoms with E-state index in [9.17, 15) is 8.42 Å². The first kappa shape index (κ1) is 14.8. The van der Waals surface area contributed by atoms with Crippen molar-refractivity contribution in [3.05, 3.63) is 27.7 Å². The number of sulfonamides is 1. The van der Waals surface area contributed by atoms with Gasteiger partial charge in [0.1, 0.15) is 0 Å². The van der Waals surface area contributed by atoms with Crippen LogP contribution in [0.5, 0.6) is 0 Å². The number of halogens is 1. The molecule has 1 fully saturated rings. The molecule has 0 saturated carbocycles. The van der Waals surface area contributed by atoms with Crippen molar-refractivity contribution in [3.8, 4) is 0 Å². The number of nitrogens with one attached hydrogen (secondary N) is 2. The zero-order valence-electron chi connectivity index (χ0n) is 11.2. The molecule has 0 aromatic heterocycles. The van der Waals surface area contributed by atoms with Crippen LogP contribution in [-0.4, -0.2) is 26.8 Å². The van der Waals surface area contributed by atoms with Crippen molar-refractivity contribution in [2.75, 3.05) is 17.0 Å². The first-order valence-corrected chi connectivity index (χ1v) is 8.82. The molecule has 0 radical (unpaired) electrons. The van der Waals surface area contributed by atoms with E-state index in [-0.39, 0.29) is 11.8 Å². The van der Waals surface area contributed by atoms with Crippen molar-refractivity contribution in [1.29, 1.82) is 0 Å². The van der Waals surface area contributed by atoms with Crippen LogP contribution in [0.1, 0.15) is 24.0 Å². The molecule has 4 nitrogen and oxygen atoms in total. The number of hydrogen-bond donors (Lipinski definition) is 2. The van der Waals surface area contributed by atoms with Crippen molar-refractivity contribution in [2.24, 2.45) is 0 Å². The lowest BCUT2D eigenvalue weighted by Gasteiger charge is -2.16. The minimum atomic E-state index is -3.30. The summed E-state index contributed by atoms with van der Waals surface area (Å²) in [6.45, 7) is 4.73. The SMILES string of the molecule is Cc1cc(Br)cc(C)c1NS(=O)(=O)CC1CCCN1. The summed E-state index contributed by atoms with van der Waals surface area (Å²) in [5.74, 6) is 0.141. The van der Waals surface area contributed by atoms with Crippen LogP contribution in [0, 0.1) is 13.8 Å². The summed E-state index contributed by atoms with van der Waals surface area (Å²) in [6.07, 6.45) is 1.98. The van der Waals surface area contributed by atoms with Gasteiger partial charge in [-0.3, -0.25) is 4.72 Å². The maximum absolute atomic E-state index is 12.2. The van der Waals surface area contributed by atoms with Crippen molar-refractivity contribution < 1.29 is 8.42 Å². The third-order valence-corrected chi connectivity index (χ3v) is 5.15. The minimum absolute atomic E-state index is 0.0774. The van der Waals surface area contributed by atoms with Gasteiger partial charge < -0.3 is 5.32 Å². The fourth-order valence-corrected chi connectivity index (χ4v) is 4.65. The second-order valence-electron chi connectivity index (χ2n) is 5.09. The summed E-state index contributed by atoms with van der Waals surface area (Å²) < 4.78 is 28.0. The van der Waals surface area contributed by atoms with E-state index < -0.39 is 10.0 Å². The van der Waals surface area contributed by atoms with Crippen LogP contribution in [0.25, 0.3) is 0 Å². The highest BCUT2D eigenvalue weighted by Crippen LogP contribution is 2.26. The standard InChI is InChI=1S/C13H19BrN2O2S/c1-9-6-11(14)7-10(2)13(9)16-19(17,18)8-12-4-3-5-15-12/h6-7,12,15-16H,3-5,8H2,1-2H3. The number of hydrogen-bond acceptors (Lipinski definition) is 3. The summed E-state index contributed by atoms with van der Waals surface area (Å²) in [6, 6.07) is 3.91. The lowest BCUT2D eigenvalue weighted by Crippen LogP contribution is -2.33. The Bertz CT molecular complexity index is 543. The number of benzene rings is 1. The van der Waals surface area contributed by atoms with Gasteiger partial charge in [-0.15, -0.1) is 0 Å². The maximum atomic E-state index is 12.2. The molecular formula is C13H19BrN2O2S. The number of aryl methyl sites for hydroxylation is 2. The predicted molar refractivity (Wildman–Crippen MR) is 82.1 cm³/mol. The Morgan fingerprint density at radius 2 is 2.00 bits per heavy atom. The van der Waals surface area contributed by atoms with E-state index in [1.807, 2.05) is 26.0 Å². The van der Waals surface area contributed by atoms with E-state index >= 15 is 0 Å². The highest BCUT2D eigenvalue weighted by atomic mass is 79.9. The predicted octanol–water partition coefficient (Wildman–Crippen LogP) is 2.56. The van der Waals surface area contributed by atoms with Gasteiger partial charge in [-0.25, -0.2) is 8.42 Å². The summed E-state index contributed by atoms with van der Waals surface area (Å²) in [7, 11) is -3.30. The Kier molecular flexibility index (Phi) is 4.53. The maximum Gasteiger partial charge on any atom is 0.234 e. The Hall–Kier alpha value is -0.590. The van der Waals surface area contributed by atoms with Crippen molar-refractivity contribution in [3.63, 3.8) is 0 Å². The molecule has 0 amide bonds. The molecule has 106 valence electrons. The van der Waals surface area contributed by atoms with Gasteiger partial charge >= 0.3 is 0 Å². The van der Waals surface area contributed by atoms with Gasteiger partial charge in [-0.2, -0.15) is 0 Å². The van der Waals surface area contributed by atoms with E-state index in [1.165, 1.54) is 0 Å². The molecule has 1 unspecified atom stereocenters. The summed E-state index contributed by atoms with van der Waals surface area (Å²) in [5, 5.41) is 3.21. The van der Waals surface area contributed by atoms with E-state index in [0.29, 0.717) is 5.69 Å². The van der Waals surface area contributed by atoms with Crippen LogP contribution in [-0.2, 0) is 10.0 Å². The lowest BCUT2D eigenvalue weighted by molar-refractivity contribution is 0.581. The molecule has 0 aliphatic carbocycles. The molecule has 1 aliphatic heterocycles. The topological polar surface area (TPSA) is 58.2 Å². The third kappa shape index (κ3) is 3.94. The first-order valence-electron chi connectivity index (χ1n) is 6.38.